The Labute approximate surface area is 121 Å². The van der Waals surface area contributed by atoms with Crippen molar-refractivity contribution in [2.75, 3.05) is 0 Å². The molecule has 0 atom stereocenters. The molecular weight excluding hydrogens is 274 g/mol. The predicted molar refractivity (Wildman–Crippen MR) is 75.1 cm³/mol. The number of carbonyl (C=O) groups excluding carboxylic acids is 1. The number of hydrogen-bond acceptors (Lipinski definition) is 5. The van der Waals surface area contributed by atoms with E-state index in [0.29, 0.717) is 0 Å². The Hall–Kier alpha value is -2.89. The van der Waals surface area contributed by atoms with Gasteiger partial charge in [0.2, 0.25) is 0 Å². The molecule has 2 aromatic rings. The van der Waals surface area contributed by atoms with Crippen molar-refractivity contribution in [1.82, 2.24) is 0 Å². The molecule has 0 aromatic heterocycles. The van der Waals surface area contributed by atoms with Crippen molar-refractivity contribution in [2.45, 2.75) is 13.5 Å². The molecule has 0 spiro atoms. The van der Waals surface area contributed by atoms with Gasteiger partial charge in [-0.15, -0.1) is 0 Å². The molecule has 0 aliphatic heterocycles. The lowest BCUT2D eigenvalue weighted by molar-refractivity contribution is -0.384. The summed E-state index contributed by atoms with van der Waals surface area (Å²) in [4.78, 5) is 21.5. The Bertz CT molecular complexity index is 634. The molecule has 0 heterocycles. The molecule has 2 aromatic carbocycles. The van der Waals surface area contributed by atoms with Gasteiger partial charge in [-0.25, -0.2) is 4.79 Å². The second-order valence-corrected chi connectivity index (χ2v) is 4.38. The molecule has 0 N–H and O–H groups in total. The molecule has 21 heavy (non-hydrogen) atoms. The number of ether oxygens (including phenoxy) is 2. The molecule has 0 amide bonds. The van der Waals surface area contributed by atoms with Crippen molar-refractivity contribution < 1.29 is 19.2 Å². The quantitative estimate of drug-likeness (QED) is 0.371. The lowest BCUT2D eigenvalue weighted by Crippen LogP contribution is -2.10. The van der Waals surface area contributed by atoms with Gasteiger partial charge in [0.05, 0.1) is 4.92 Å². The van der Waals surface area contributed by atoms with Gasteiger partial charge in [0.25, 0.3) is 5.69 Å². The van der Waals surface area contributed by atoms with Gasteiger partial charge >= 0.3 is 6.16 Å². The molecule has 0 bridgehead atoms. The fourth-order valence-electron chi connectivity index (χ4n) is 1.59. The summed E-state index contributed by atoms with van der Waals surface area (Å²) in [6.45, 7) is 2.07. The Morgan fingerprint density at radius 2 is 1.71 bits per heavy atom. The zero-order chi connectivity index (χ0) is 15.2. The number of carbonyl (C=O) groups is 1. The Morgan fingerprint density at radius 1 is 1.10 bits per heavy atom. The molecule has 2 rings (SSSR count). The molecule has 0 saturated carbocycles. The number of nitro groups is 1. The summed E-state index contributed by atoms with van der Waals surface area (Å²) in [6, 6.07) is 12.7. The summed E-state index contributed by atoms with van der Waals surface area (Å²) in [5, 5.41) is 10.5. The van der Waals surface area contributed by atoms with Gasteiger partial charge in [0.15, 0.2) is 0 Å². The van der Waals surface area contributed by atoms with Crippen molar-refractivity contribution in [3.63, 3.8) is 0 Å². The van der Waals surface area contributed by atoms with Gasteiger partial charge in [-0.1, -0.05) is 29.8 Å². The summed E-state index contributed by atoms with van der Waals surface area (Å²) < 4.78 is 9.87. The third-order valence-corrected chi connectivity index (χ3v) is 2.73. The standard InChI is InChI=1S/C15H13NO5/c1-11-2-4-12(5-3-11)10-20-15(17)21-14-8-6-13(7-9-14)16(18)19/h2-9H,10H2,1H3. The molecule has 6 nitrogen and oxygen atoms in total. The minimum Gasteiger partial charge on any atom is -0.429 e. The monoisotopic (exact) mass is 287 g/mol. The Morgan fingerprint density at radius 3 is 2.29 bits per heavy atom. The summed E-state index contributed by atoms with van der Waals surface area (Å²) >= 11 is 0. The number of hydrogen-bond donors (Lipinski definition) is 0. The van der Waals surface area contributed by atoms with E-state index >= 15 is 0 Å². The average molecular weight is 287 g/mol. The second-order valence-electron chi connectivity index (χ2n) is 4.38. The highest BCUT2D eigenvalue weighted by Crippen LogP contribution is 2.17. The van der Waals surface area contributed by atoms with Crippen LogP contribution >= 0.6 is 0 Å². The van der Waals surface area contributed by atoms with Crippen LogP contribution in [0.3, 0.4) is 0 Å². The van der Waals surface area contributed by atoms with Crippen LogP contribution in [0.4, 0.5) is 10.5 Å². The zero-order valence-corrected chi connectivity index (χ0v) is 11.3. The lowest BCUT2D eigenvalue weighted by Gasteiger charge is -2.06. The normalized spacial score (nSPS) is 9.95. The third-order valence-electron chi connectivity index (χ3n) is 2.73. The highest BCUT2D eigenvalue weighted by molar-refractivity contribution is 5.64. The van der Waals surface area contributed by atoms with Crippen LogP contribution in [0.5, 0.6) is 5.75 Å². The molecule has 0 fully saturated rings. The van der Waals surface area contributed by atoms with Crippen LogP contribution in [-0.2, 0) is 11.3 Å². The van der Waals surface area contributed by atoms with Crippen molar-refractivity contribution in [3.05, 3.63) is 69.8 Å². The van der Waals surface area contributed by atoms with Gasteiger partial charge in [-0.05, 0) is 24.6 Å². The highest BCUT2D eigenvalue weighted by Gasteiger charge is 2.09. The van der Waals surface area contributed by atoms with E-state index in [4.69, 9.17) is 9.47 Å². The Kier molecular flexibility index (Phi) is 4.50. The van der Waals surface area contributed by atoms with Gasteiger partial charge < -0.3 is 9.47 Å². The molecule has 0 unspecified atom stereocenters. The van der Waals surface area contributed by atoms with Crippen LogP contribution in [0, 0.1) is 17.0 Å². The maximum absolute atomic E-state index is 11.5. The van der Waals surface area contributed by atoms with Crippen LogP contribution < -0.4 is 4.74 Å². The summed E-state index contributed by atoms with van der Waals surface area (Å²) in [5.41, 5.74) is 1.89. The second kappa shape index (κ2) is 6.51. The van der Waals surface area contributed by atoms with E-state index < -0.39 is 11.1 Å². The van der Waals surface area contributed by atoms with Gasteiger partial charge in [-0.3, -0.25) is 10.1 Å². The molecule has 0 radical (unpaired) electrons. The van der Waals surface area contributed by atoms with E-state index in [-0.39, 0.29) is 18.0 Å². The van der Waals surface area contributed by atoms with Crippen LogP contribution in [0.25, 0.3) is 0 Å². The molecule has 0 saturated heterocycles. The lowest BCUT2D eigenvalue weighted by atomic mass is 10.2. The van der Waals surface area contributed by atoms with Crippen LogP contribution in [0.2, 0.25) is 0 Å². The SMILES string of the molecule is Cc1ccc(COC(=O)Oc2ccc([N+](=O)[O-])cc2)cc1. The third kappa shape index (κ3) is 4.31. The minimum atomic E-state index is -0.857. The Balaban J connectivity index is 1.86. The predicted octanol–water partition coefficient (Wildman–Crippen LogP) is 3.62. The summed E-state index contributed by atoms with van der Waals surface area (Å²) in [6.07, 6.45) is -0.857. The molecular formula is C15H13NO5. The van der Waals surface area contributed by atoms with E-state index in [1.54, 1.807) is 0 Å². The smallest absolute Gasteiger partial charge is 0.429 e. The van der Waals surface area contributed by atoms with Crippen molar-refractivity contribution in [2.24, 2.45) is 0 Å². The number of nitrogens with zero attached hydrogens (tertiary/aromatic N) is 1. The average Bonchev–Trinajstić information content (AvgIpc) is 2.47. The number of benzene rings is 2. The first-order valence-electron chi connectivity index (χ1n) is 6.19. The van der Waals surface area contributed by atoms with E-state index in [2.05, 4.69) is 0 Å². The van der Waals surface area contributed by atoms with Crippen molar-refractivity contribution >= 4 is 11.8 Å². The van der Waals surface area contributed by atoms with Crippen LogP contribution in [0.1, 0.15) is 11.1 Å². The van der Waals surface area contributed by atoms with Crippen molar-refractivity contribution in [1.29, 1.82) is 0 Å². The molecule has 0 aliphatic rings. The number of rotatable bonds is 4. The maximum atomic E-state index is 11.5. The molecule has 0 aliphatic carbocycles. The maximum Gasteiger partial charge on any atom is 0.514 e. The largest absolute Gasteiger partial charge is 0.514 e. The molecule has 108 valence electrons. The fourth-order valence-corrected chi connectivity index (χ4v) is 1.59. The minimum absolute atomic E-state index is 0.0737. The number of aryl methyl sites for hydroxylation is 1. The molecule has 6 heteroatoms. The summed E-state index contributed by atoms with van der Waals surface area (Å²) in [7, 11) is 0. The van der Waals surface area contributed by atoms with Gasteiger partial charge in [-0.2, -0.15) is 0 Å². The highest BCUT2D eigenvalue weighted by atomic mass is 16.7. The first-order valence-corrected chi connectivity index (χ1v) is 6.19. The van der Waals surface area contributed by atoms with Crippen LogP contribution in [0.15, 0.2) is 48.5 Å². The van der Waals surface area contributed by atoms with Gasteiger partial charge in [0, 0.05) is 12.1 Å². The first-order chi connectivity index (χ1) is 10.0. The van der Waals surface area contributed by atoms with E-state index in [0.717, 1.165) is 11.1 Å². The van der Waals surface area contributed by atoms with E-state index in [1.165, 1.54) is 24.3 Å². The summed E-state index contributed by atoms with van der Waals surface area (Å²) in [5.74, 6) is 0.189. The fraction of sp³-hybridized carbons (Fsp3) is 0.133. The van der Waals surface area contributed by atoms with Crippen molar-refractivity contribution in [3.8, 4) is 5.75 Å². The van der Waals surface area contributed by atoms with E-state index in [9.17, 15) is 14.9 Å². The number of non-ortho nitro benzene ring substituents is 1. The number of nitro benzene ring substituents is 1. The van der Waals surface area contributed by atoms with Gasteiger partial charge in [0.1, 0.15) is 12.4 Å². The first kappa shape index (κ1) is 14.5. The van der Waals surface area contributed by atoms with E-state index in [1.807, 2.05) is 31.2 Å². The van der Waals surface area contributed by atoms with Crippen LogP contribution in [-0.4, -0.2) is 11.1 Å². The zero-order valence-electron chi connectivity index (χ0n) is 11.3. The topological polar surface area (TPSA) is 78.7 Å².